The number of amides is 4. The number of phenols is 2. The van der Waals surface area contributed by atoms with Crippen LogP contribution in [0.3, 0.4) is 0 Å². The maximum absolute atomic E-state index is 14.4. The number of aromatic amines is 2. The van der Waals surface area contributed by atoms with E-state index in [0.29, 0.717) is 50.6 Å². The van der Waals surface area contributed by atoms with Crippen molar-refractivity contribution in [3.63, 3.8) is 0 Å². The summed E-state index contributed by atoms with van der Waals surface area (Å²) in [6.07, 6.45) is 22.6. The van der Waals surface area contributed by atoms with Crippen LogP contribution in [0, 0.1) is 62.9 Å². The number of nitro groups is 1. The highest BCUT2D eigenvalue weighted by Crippen LogP contribution is 2.55. The number of carbonyl (C=O) groups excluding carboxylic acids is 4. The maximum atomic E-state index is 14.4. The minimum Gasteiger partial charge on any atom is -0.504 e. The molecule has 5 aliphatic heterocycles. The van der Waals surface area contributed by atoms with Gasteiger partial charge in [0.15, 0.2) is 5.75 Å². The number of hydrogen-bond acceptors (Lipinski definition) is 15. The van der Waals surface area contributed by atoms with E-state index in [1.54, 1.807) is 44.2 Å². The van der Waals surface area contributed by atoms with Crippen LogP contribution in [0.2, 0.25) is 0 Å². The zero-order chi connectivity index (χ0) is 70.0. The molecule has 8 fully saturated rings. The fraction of sp³-hybridized carbons (Fsp3) is 0.587. The summed E-state index contributed by atoms with van der Waals surface area (Å²) >= 11 is 5.71. The number of phenolic OH excluding ortho intramolecular Hbond substituents is 2. The van der Waals surface area contributed by atoms with Gasteiger partial charge in [0.2, 0.25) is 23.3 Å². The van der Waals surface area contributed by atoms with Crippen molar-refractivity contribution >= 4 is 90.5 Å². The Labute approximate surface area is 587 Å². The number of nitrogens with zero attached hydrogens (tertiary/aromatic N) is 7. The van der Waals surface area contributed by atoms with Crippen molar-refractivity contribution in [1.82, 2.24) is 39.8 Å². The smallest absolute Gasteiger partial charge is 0.315 e. The van der Waals surface area contributed by atoms with Crippen LogP contribution in [0.1, 0.15) is 153 Å². The number of piperazine rings is 1. The van der Waals surface area contributed by atoms with Crippen molar-refractivity contribution in [2.45, 2.75) is 179 Å². The van der Waals surface area contributed by atoms with Crippen LogP contribution in [0.25, 0.3) is 33.5 Å². The number of likely N-dealkylation sites (N-methyl/N-ethyl adjacent to an activating group) is 2. The van der Waals surface area contributed by atoms with E-state index in [4.69, 9.17) is 15.7 Å². The summed E-state index contributed by atoms with van der Waals surface area (Å²) in [5.74, 6) is -0.156. The second-order valence-corrected chi connectivity index (χ2v) is 32.0. The highest BCUT2D eigenvalue weighted by Gasteiger charge is 2.72. The number of rotatable bonds is 14. The molecule has 4 saturated carbocycles. The molecule has 6 aliphatic carbocycles. The van der Waals surface area contributed by atoms with Crippen molar-refractivity contribution in [3.8, 4) is 17.6 Å². The number of aromatic hydroxyl groups is 2. The number of halogens is 1. The molecule has 21 nitrogen and oxygen atoms in total. The largest absolute Gasteiger partial charge is 0.504 e. The molecule has 7 heterocycles. The van der Waals surface area contributed by atoms with E-state index in [-0.39, 0.29) is 34.9 Å². The molecule has 8 N–H and O–H groups in total. The van der Waals surface area contributed by atoms with Gasteiger partial charge in [0.05, 0.1) is 15.4 Å². The van der Waals surface area contributed by atoms with Crippen molar-refractivity contribution in [2.24, 2.45) is 47.2 Å². The number of piperidine rings is 1. The Bertz CT molecular complexity index is 3970. The van der Waals surface area contributed by atoms with E-state index in [0.717, 1.165) is 81.9 Å². The van der Waals surface area contributed by atoms with Gasteiger partial charge in [-0.1, -0.05) is 65.0 Å². The maximum Gasteiger partial charge on any atom is 0.315 e. The summed E-state index contributed by atoms with van der Waals surface area (Å²) in [7, 11) is 2.03. The topological polar surface area (TPSA) is 291 Å². The van der Waals surface area contributed by atoms with E-state index in [2.05, 4.69) is 90.7 Å². The first kappa shape index (κ1) is 71.1. The van der Waals surface area contributed by atoms with Crippen molar-refractivity contribution in [1.29, 1.82) is 5.26 Å². The molecule has 5 aromatic rings. The molecule has 0 spiro atoms. The number of nitrogens with two attached hydrogens (primary N) is 1. The Kier molecular flexibility index (Phi) is 20.5. The van der Waals surface area contributed by atoms with Crippen molar-refractivity contribution < 1.29 is 44.2 Å². The number of nitro benzene ring substituents is 1. The van der Waals surface area contributed by atoms with Gasteiger partial charge in [-0.2, -0.15) is 17.0 Å². The molecule has 98 heavy (non-hydrogen) atoms. The molecule has 0 unspecified atom stereocenters. The predicted molar refractivity (Wildman–Crippen MR) is 384 cm³/mol. The third-order valence-electron chi connectivity index (χ3n) is 22.9. The second kappa shape index (κ2) is 28.3. The summed E-state index contributed by atoms with van der Waals surface area (Å²) in [6.45, 7) is 17.8. The zero-order valence-electron chi connectivity index (χ0n) is 58.1. The lowest BCUT2D eigenvalue weighted by Gasteiger charge is -2.55. The highest BCUT2D eigenvalue weighted by molar-refractivity contribution is 9.10. The molecule has 526 valence electrons. The number of thioether (sulfide) groups is 1. The van der Waals surface area contributed by atoms with Gasteiger partial charge in [-0.3, -0.25) is 48.7 Å². The zero-order valence-corrected chi connectivity index (χ0v) is 60.5. The number of fused-ring (bicyclic) bond motifs is 7. The average molecular weight is 1430 g/mol. The van der Waals surface area contributed by atoms with Crippen molar-refractivity contribution in [2.75, 3.05) is 58.3 Å². The van der Waals surface area contributed by atoms with Gasteiger partial charge in [0.25, 0.3) is 17.7 Å². The van der Waals surface area contributed by atoms with Gasteiger partial charge in [-0.25, -0.2) is 0 Å². The lowest BCUT2D eigenvalue weighted by atomic mass is 9.53. The van der Waals surface area contributed by atoms with Gasteiger partial charge in [-0.05, 0) is 226 Å². The second-order valence-electron chi connectivity index (χ2n) is 30.3. The lowest BCUT2D eigenvalue weighted by molar-refractivity contribution is -0.386. The van der Waals surface area contributed by atoms with E-state index in [9.17, 15) is 44.6 Å². The van der Waals surface area contributed by atoms with Gasteiger partial charge >= 0.3 is 5.69 Å². The molecule has 16 rings (SSSR count). The molecule has 4 bridgehead atoms. The molecule has 3 aromatic carbocycles. The van der Waals surface area contributed by atoms with Crippen LogP contribution in [0.15, 0.2) is 71.0 Å². The number of likely N-dealkylation sites (tertiary alicyclic amines) is 1. The quantitative estimate of drug-likeness (QED) is 0.0179. The van der Waals surface area contributed by atoms with Crippen LogP contribution in [0.5, 0.6) is 11.5 Å². The van der Waals surface area contributed by atoms with E-state index in [1.165, 1.54) is 114 Å². The summed E-state index contributed by atoms with van der Waals surface area (Å²) in [5.41, 5.74) is 12.9. The van der Waals surface area contributed by atoms with Crippen LogP contribution in [-0.2, 0) is 36.8 Å². The summed E-state index contributed by atoms with van der Waals surface area (Å²) in [6, 6.07) is 16.1. The molecule has 0 radical (unpaired) electrons. The van der Waals surface area contributed by atoms with Crippen LogP contribution in [-0.4, -0.2) is 178 Å². The first-order valence-corrected chi connectivity index (χ1v) is 37.8. The number of aliphatic hydroxyl groups is 1. The van der Waals surface area contributed by atoms with Gasteiger partial charge in [0.1, 0.15) is 23.7 Å². The fourth-order valence-corrected chi connectivity index (χ4v) is 20.2. The Morgan fingerprint density at radius 2 is 1.68 bits per heavy atom. The minimum atomic E-state index is -2.01. The standard InChI is InChI=1S/C32H40BrN5O5.C19H26N2S.C14H15N3O5.C10H17N/c1-16(2)12-24-29(40)37-11-7-10-25(37)32(42)38(24)30(41)31(43-32,17(3)4)35-28(39)18-13-20-19-8-6-9-22-26(19)21(27(33)34-22)14-23(20)36(5)15-18;1-3-7-21-11-13(12-22-2)8-16-15-5-4-6-17-19(15)14(10-20-17)9-18(16)21;1-3-16(4-2)14(20)10(8-15)5-9-6-11(17(21)22)13(19)12(18)7-9;11-10-4-7-1-8(5-10)3-9(2-7)6-10/h6,8-9,13,16-18,23-25,34,42H,7,10-12,14-15H2,1-5H3,(H,35,39);4-6,10,13,16,18,20H,3,7-9,11-12H2,1-2H3;5-7,18-19H,3-4H2,1-2H3;7-9H,1-6,11H2/b;;10-5+;/t18-,23-,24+,25+,31-,32+;13-,16-,18-;;/m11../s1. The Hall–Kier alpha value is -6.78. The molecular formula is C75H98BrN11O10S. The Morgan fingerprint density at radius 3 is 2.32 bits per heavy atom. The van der Waals surface area contributed by atoms with Crippen LogP contribution < -0.4 is 11.1 Å². The van der Waals surface area contributed by atoms with E-state index < -0.39 is 69.5 Å². The number of benzene rings is 3. The summed E-state index contributed by atoms with van der Waals surface area (Å²) in [4.78, 5) is 80.5. The van der Waals surface area contributed by atoms with Gasteiger partial charge in [0, 0.05) is 96.3 Å². The molecule has 23 heteroatoms. The van der Waals surface area contributed by atoms with Gasteiger partial charge < -0.3 is 46.1 Å². The molecule has 4 saturated heterocycles. The van der Waals surface area contributed by atoms with Crippen LogP contribution in [0.4, 0.5) is 5.69 Å². The van der Waals surface area contributed by atoms with E-state index >= 15 is 0 Å². The summed E-state index contributed by atoms with van der Waals surface area (Å²) in [5, 5.41) is 56.6. The Balaban J connectivity index is 0.000000139. The minimum absolute atomic E-state index is 0.0686. The molecule has 9 atom stereocenters. The van der Waals surface area contributed by atoms with Crippen molar-refractivity contribution in [3.05, 3.63) is 109 Å². The van der Waals surface area contributed by atoms with Gasteiger partial charge in [-0.15, -0.1) is 0 Å². The number of nitrogens with one attached hydrogen (secondary N) is 3. The highest BCUT2D eigenvalue weighted by atomic mass is 79.9. The molecule has 11 aliphatic rings. The monoisotopic (exact) mass is 1420 g/mol. The number of hydrogen-bond donors (Lipinski definition) is 7. The van der Waals surface area contributed by atoms with Crippen LogP contribution >= 0.6 is 27.7 Å². The number of nitriles is 1. The molecule has 2 aromatic heterocycles. The average Bonchev–Trinajstić information content (AvgIpc) is 1.53. The summed E-state index contributed by atoms with van der Waals surface area (Å²) < 4.78 is 7.43. The first-order valence-electron chi connectivity index (χ1n) is 35.6. The number of carbonyl (C=O) groups is 4. The van der Waals surface area contributed by atoms with E-state index in [1.807, 2.05) is 44.8 Å². The number of aromatic nitrogens is 2. The molecule has 4 amide bonds. The fourth-order valence-electron chi connectivity index (χ4n) is 19.0. The first-order chi connectivity index (χ1) is 46.8. The number of H-pyrrole nitrogens is 2. The Morgan fingerprint density at radius 1 is 0.990 bits per heavy atom. The molecular weight excluding hydrogens is 1330 g/mol. The number of ether oxygens (including phenoxy) is 1. The third kappa shape index (κ3) is 13.1. The third-order valence-corrected chi connectivity index (χ3v) is 24.4. The normalized spacial score (nSPS) is 30.3. The SMILES string of the molecule is CC(C)C[C@H]1C(=O)N2CCC[C@H]2[C@]2(O)O[C@](NC(=O)[C@@H]3C=C4c5cccc6[nH]c(Br)c(c56)C[C@H]4N(C)C3)(C(C)C)C(=O)N12.CCCN1C[C@H](CSC)C[C@@H]2c3cccc4[nH]cc(c34)C[C@H]21.CCN(CC)C(=O)/C(C#N)=C/c1cc(O)c(O)c([N+](=O)[O-])c1.NC12CC3CC(CC(C3)C1)C2. The predicted octanol–water partition coefficient (Wildman–Crippen LogP) is 11.2. The lowest BCUT2D eigenvalue weighted by Crippen LogP contribution is -2.71.